The second-order valence-corrected chi connectivity index (χ2v) is 13.2. The van der Waals surface area contributed by atoms with Crippen LogP contribution in [0.3, 0.4) is 0 Å². The van der Waals surface area contributed by atoms with Crippen LogP contribution in [0.5, 0.6) is 5.75 Å². The monoisotopic (exact) mass is 645 g/mol. The normalized spacial score (nSPS) is 28.6. The van der Waals surface area contributed by atoms with E-state index in [1.807, 2.05) is 0 Å². The zero-order chi connectivity index (χ0) is 31.6. The molecule has 238 valence electrons. The summed E-state index contributed by atoms with van der Waals surface area (Å²) in [6, 6.07) is 5.51. The molecular weight excluding hydrogens is 608 g/mol. The number of alkyl halides is 1. The third-order valence-electron chi connectivity index (χ3n) is 6.92. The summed E-state index contributed by atoms with van der Waals surface area (Å²) in [6.07, 6.45) is -2.37. The average molecular weight is 646 g/mol. The van der Waals surface area contributed by atoms with Crippen LogP contribution in [0.2, 0.25) is 0 Å². The molecule has 2 aromatic rings. The van der Waals surface area contributed by atoms with Gasteiger partial charge >= 0.3 is 253 Å². The van der Waals surface area contributed by atoms with Crippen molar-refractivity contribution < 1.29 is 47.2 Å². The number of nitrogens with zero attached hydrogens (tertiary/aromatic N) is 3. The number of esters is 1. The molecule has 1 amide bonds. The number of carbonyl (C=O) groups is 2. The Morgan fingerprint density at radius 1 is 1.30 bits per heavy atom. The summed E-state index contributed by atoms with van der Waals surface area (Å²) in [4.78, 5) is 37.3. The number of amides is 1. The van der Waals surface area contributed by atoms with E-state index in [1.54, 1.807) is 43.5 Å². The Bertz CT molecular complexity index is 1300. The van der Waals surface area contributed by atoms with Crippen LogP contribution in [0.15, 0.2) is 41.9 Å². The number of benzene rings is 1. The quantitative estimate of drug-likeness (QED) is 0.195. The zero-order valence-electron chi connectivity index (χ0n) is 24.5. The predicted octanol–water partition coefficient (Wildman–Crippen LogP) is 2.01. The first kappa shape index (κ1) is 33.1. The van der Waals surface area contributed by atoms with Gasteiger partial charge in [-0.05, 0) is 0 Å². The van der Waals surface area contributed by atoms with Crippen molar-refractivity contribution >= 4 is 31.5 Å². The summed E-state index contributed by atoms with van der Waals surface area (Å²) < 4.78 is 48.0. The van der Waals surface area contributed by atoms with Crippen molar-refractivity contribution in [2.45, 2.75) is 76.7 Å². The summed E-state index contributed by atoms with van der Waals surface area (Å²) in [6.45, 7) is 6.94. The van der Waals surface area contributed by atoms with Gasteiger partial charge in [0.2, 0.25) is 0 Å². The second-order valence-electron chi connectivity index (χ2n) is 10.7. The number of methoxy groups -OCH3 is 1. The molecule has 0 saturated carbocycles. The van der Waals surface area contributed by atoms with Crippen molar-refractivity contribution in [2.24, 2.45) is 0 Å². The molecular formula is C26H37FN5O9PS. The van der Waals surface area contributed by atoms with E-state index in [1.165, 1.54) is 49.7 Å². The van der Waals surface area contributed by atoms with Gasteiger partial charge in [-0.3, -0.25) is 0 Å². The SMILES string of the molecule is COC1(C)NC(=O)C=CN1[C@@H]1O[C@H](CO[PH](O)(N[C@@H](C)C(=O)OC(C)C)Oc2ccc(-c3csnn3)cc2)[C@@H](O)[C@@]1(C)F. The first-order chi connectivity index (χ1) is 20.2. The van der Waals surface area contributed by atoms with Crippen LogP contribution < -0.4 is 14.9 Å². The van der Waals surface area contributed by atoms with Gasteiger partial charge in [-0.15, -0.1) is 0 Å². The van der Waals surface area contributed by atoms with E-state index in [4.69, 9.17) is 23.3 Å². The van der Waals surface area contributed by atoms with Gasteiger partial charge in [0.1, 0.15) is 0 Å². The third-order valence-corrected chi connectivity index (χ3v) is 9.29. The summed E-state index contributed by atoms with van der Waals surface area (Å²) in [5.41, 5.74) is -0.952. The van der Waals surface area contributed by atoms with Gasteiger partial charge in [-0.2, -0.15) is 0 Å². The van der Waals surface area contributed by atoms with Crippen molar-refractivity contribution in [3.05, 3.63) is 41.9 Å². The van der Waals surface area contributed by atoms with E-state index in [0.29, 0.717) is 5.69 Å². The van der Waals surface area contributed by atoms with Gasteiger partial charge in [-0.1, -0.05) is 0 Å². The molecule has 1 aromatic carbocycles. The molecule has 43 heavy (non-hydrogen) atoms. The molecule has 2 aliphatic heterocycles. The Morgan fingerprint density at radius 2 is 2.00 bits per heavy atom. The number of aliphatic hydroxyl groups excluding tert-OH is 1. The molecule has 6 atom stereocenters. The van der Waals surface area contributed by atoms with Crippen molar-refractivity contribution in [2.75, 3.05) is 13.7 Å². The van der Waals surface area contributed by atoms with E-state index >= 15 is 4.39 Å². The number of halogens is 1. The average Bonchev–Trinajstić information content (AvgIpc) is 3.55. The van der Waals surface area contributed by atoms with Gasteiger partial charge in [0.15, 0.2) is 0 Å². The molecule has 1 unspecified atom stereocenters. The Kier molecular flexibility index (Phi) is 10.0. The van der Waals surface area contributed by atoms with Gasteiger partial charge in [0.05, 0.1) is 0 Å². The molecule has 0 aliphatic carbocycles. The fourth-order valence-electron chi connectivity index (χ4n) is 4.54. The van der Waals surface area contributed by atoms with E-state index in [2.05, 4.69) is 20.0 Å². The molecule has 17 heteroatoms. The van der Waals surface area contributed by atoms with Crippen LogP contribution in [0.1, 0.15) is 34.6 Å². The molecule has 0 spiro atoms. The number of hydrogen-bond acceptors (Lipinski definition) is 14. The molecule has 4 rings (SSSR count). The van der Waals surface area contributed by atoms with Gasteiger partial charge in [0, 0.05) is 0 Å². The zero-order valence-corrected chi connectivity index (χ0v) is 26.3. The fraction of sp³-hybridized carbons (Fsp3) is 0.538. The standard InChI is InChI=1S/C26H37FN5O9PS/c1-15(2)39-23(35)16(3)30-42(36,41-18-9-7-17(8-10-18)19-14-43-31-29-19)38-13-20-22(34)25(4,27)24(40-20)32-12-11-21(33)28-26(32,5)37-6/h7-12,14-16,20,22,24,30,34,36,42H,13H2,1-6H3,(H,28,33)/t16-,20+,22+,24+,25+,26?/m0/s1. The Balaban J connectivity index is 1.53. The van der Waals surface area contributed by atoms with Crippen molar-refractivity contribution in [1.29, 1.82) is 0 Å². The van der Waals surface area contributed by atoms with Crippen LogP contribution >= 0.6 is 19.6 Å². The van der Waals surface area contributed by atoms with Crippen molar-refractivity contribution in [1.82, 2.24) is 24.9 Å². The van der Waals surface area contributed by atoms with E-state index in [-0.39, 0.29) is 5.75 Å². The summed E-state index contributed by atoms with van der Waals surface area (Å²) in [5, 5.41) is 22.0. The van der Waals surface area contributed by atoms with E-state index in [9.17, 15) is 19.6 Å². The van der Waals surface area contributed by atoms with Gasteiger partial charge in [-0.25, -0.2) is 0 Å². The number of aromatic nitrogens is 2. The number of hydrogen-bond donors (Lipinski definition) is 4. The molecule has 4 N–H and O–H groups in total. The Morgan fingerprint density at radius 3 is 2.60 bits per heavy atom. The minimum atomic E-state index is -4.50. The minimum absolute atomic E-state index is 0.198. The maximum atomic E-state index is 16.0. The molecule has 1 aromatic heterocycles. The number of aliphatic hydroxyl groups is 1. The number of carbonyl (C=O) groups excluding carboxylic acids is 2. The van der Waals surface area contributed by atoms with Gasteiger partial charge in [0.25, 0.3) is 0 Å². The molecule has 2 aliphatic rings. The summed E-state index contributed by atoms with van der Waals surface area (Å²) in [7, 11) is -3.17. The number of nitrogens with one attached hydrogen (secondary N) is 2. The van der Waals surface area contributed by atoms with Crippen LogP contribution in [0.4, 0.5) is 4.39 Å². The Hall–Kier alpha value is -2.82. The van der Waals surface area contributed by atoms with E-state index < -0.39 is 68.7 Å². The van der Waals surface area contributed by atoms with E-state index in [0.717, 1.165) is 12.5 Å². The third kappa shape index (κ3) is 7.46. The Labute approximate surface area is 252 Å². The molecule has 14 nitrogen and oxygen atoms in total. The van der Waals surface area contributed by atoms with Crippen molar-refractivity contribution in [3.63, 3.8) is 0 Å². The second kappa shape index (κ2) is 13.0. The fourth-order valence-corrected chi connectivity index (χ4v) is 6.72. The first-order valence-corrected chi connectivity index (χ1v) is 16.0. The number of rotatable bonds is 12. The summed E-state index contributed by atoms with van der Waals surface area (Å²) in [5.74, 6) is -2.40. The summed E-state index contributed by atoms with van der Waals surface area (Å²) >= 11 is 1.20. The molecule has 1 fully saturated rings. The van der Waals surface area contributed by atoms with Gasteiger partial charge < -0.3 is 0 Å². The van der Waals surface area contributed by atoms with Crippen LogP contribution in [-0.2, 0) is 28.3 Å². The predicted molar refractivity (Wildman–Crippen MR) is 155 cm³/mol. The number of ether oxygens (including phenoxy) is 3. The molecule has 1 saturated heterocycles. The topological polar surface area (TPSA) is 174 Å². The van der Waals surface area contributed by atoms with Crippen LogP contribution in [-0.4, -0.2) is 92.2 Å². The molecule has 3 heterocycles. The molecule has 0 radical (unpaired) electrons. The van der Waals surface area contributed by atoms with Crippen molar-refractivity contribution in [3.8, 4) is 17.0 Å². The molecule has 0 bridgehead atoms. The first-order valence-electron chi connectivity index (χ1n) is 13.4. The maximum absolute atomic E-state index is 16.0. The van der Waals surface area contributed by atoms with Crippen LogP contribution in [0, 0.1) is 0 Å². The van der Waals surface area contributed by atoms with Crippen LogP contribution in [0.25, 0.3) is 11.3 Å².